The van der Waals surface area contributed by atoms with Crippen molar-refractivity contribution in [2.24, 2.45) is 5.92 Å². The number of rotatable bonds is 2. The molecule has 1 N–H and O–H groups in total. The molecule has 0 fully saturated rings. The third-order valence-corrected chi connectivity index (χ3v) is 3.41. The quantitative estimate of drug-likeness (QED) is 0.878. The lowest BCUT2D eigenvalue weighted by atomic mass is 10.00. The van der Waals surface area contributed by atoms with Crippen LogP contribution in [0.1, 0.15) is 12.2 Å². The maximum absolute atomic E-state index is 11.0. The average Bonchev–Trinajstić information content (AvgIpc) is 2.82. The first-order valence-electron chi connectivity index (χ1n) is 6.08. The van der Waals surface area contributed by atoms with Gasteiger partial charge < -0.3 is 9.67 Å². The van der Waals surface area contributed by atoms with E-state index >= 15 is 0 Å². The van der Waals surface area contributed by atoms with E-state index in [2.05, 4.69) is 4.98 Å². The number of hydrogen-bond acceptors (Lipinski definition) is 2. The van der Waals surface area contributed by atoms with Crippen LogP contribution in [-0.2, 0) is 17.8 Å². The van der Waals surface area contributed by atoms with E-state index in [-0.39, 0.29) is 5.92 Å². The van der Waals surface area contributed by atoms with Crippen molar-refractivity contribution >= 4 is 5.97 Å². The van der Waals surface area contributed by atoms with Crippen LogP contribution in [0.3, 0.4) is 0 Å². The fraction of sp³-hybridized carbons (Fsp3) is 0.286. The monoisotopic (exact) mass is 242 g/mol. The summed E-state index contributed by atoms with van der Waals surface area (Å²) in [7, 11) is 0. The first kappa shape index (κ1) is 11.0. The second-order valence-electron chi connectivity index (χ2n) is 4.63. The number of aryl methyl sites for hydroxylation is 1. The first-order chi connectivity index (χ1) is 8.74. The number of carboxylic acid groups (broad SMARTS) is 1. The van der Waals surface area contributed by atoms with Crippen LogP contribution in [0.4, 0.5) is 0 Å². The van der Waals surface area contributed by atoms with Crippen LogP contribution in [-0.4, -0.2) is 20.6 Å². The second kappa shape index (κ2) is 4.29. The Morgan fingerprint density at radius 3 is 2.83 bits per heavy atom. The summed E-state index contributed by atoms with van der Waals surface area (Å²) in [5.74, 6) is -0.00251. The van der Waals surface area contributed by atoms with Gasteiger partial charge in [0.1, 0.15) is 5.82 Å². The minimum absolute atomic E-state index is 0.282. The van der Waals surface area contributed by atoms with E-state index in [0.717, 1.165) is 23.5 Å². The largest absolute Gasteiger partial charge is 0.481 e. The van der Waals surface area contributed by atoms with Gasteiger partial charge in [0.15, 0.2) is 0 Å². The van der Waals surface area contributed by atoms with Gasteiger partial charge in [-0.15, -0.1) is 0 Å². The Morgan fingerprint density at radius 2 is 2.11 bits per heavy atom. The van der Waals surface area contributed by atoms with E-state index in [4.69, 9.17) is 5.11 Å². The summed E-state index contributed by atoms with van der Waals surface area (Å²) < 4.78 is 1.98. The van der Waals surface area contributed by atoms with Gasteiger partial charge in [-0.1, -0.05) is 30.3 Å². The number of nitrogens with zero attached hydrogens (tertiary/aromatic N) is 2. The van der Waals surface area contributed by atoms with Gasteiger partial charge in [-0.05, 0) is 6.42 Å². The maximum atomic E-state index is 11.0. The molecular weight excluding hydrogens is 228 g/mol. The number of carboxylic acids is 1. The summed E-state index contributed by atoms with van der Waals surface area (Å²) in [6.07, 6.45) is 3.38. The average molecular weight is 242 g/mol. The van der Waals surface area contributed by atoms with Crippen molar-refractivity contribution in [3.63, 3.8) is 0 Å². The molecule has 0 unspecified atom stereocenters. The highest BCUT2D eigenvalue weighted by Crippen LogP contribution is 2.24. The molecule has 0 amide bonds. The third-order valence-electron chi connectivity index (χ3n) is 3.41. The molecule has 4 heteroatoms. The van der Waals surface area contributed by atoms with Crippen molar-refractivity contribution in [3.8, 4) is 11.3 Å². The number of fused-ring (bicyclic) bond motifs is 1. The molecule has 1 aromatic heterocycles. The van der Waals surface area contributed by atoms with Crippen LogP contribution in [0.25, 0.3) is 11.3 Å². The summed E-state index contributed by atoms with van der Waals surface area (Å²) in [4.78, 5) is 15.6. The summed E-state index contributed by atoms with van der Waals surface area (Å²) in [6, 6.07) is 9.97. The summed E-state index contributed by atoms with van der Waals surface area (Å²) in [5, 5.41) is 9.05. The van der Waals surface area contributed by atoms with Gasteiger partial charge in [-0.3, -0.25) is 4.79 Å². The molecule has 0 saturated carbocycles. The topological polar surface area (TPSA) is 55.1 Å². The van der Waals surface area contributed by atoms with Gasteiger partial charge in [0, 0.05) is 24.7 Å². The zero-order chi connectivity index (χ0) is 12.5. The minimum Gasteiger partial charge on any atom is -0.481 e. The van der Waals surface area contributed by atoms with Crippen molar-refractivity contribution in [2.45, 2.75) is 19.4 Å². The summed E-state index contributed by atoms with van der Waals surface area (Å²) in [5.41, 5.74) is 2.00. The van der Waals surface area contributed by atoms with E-state index < -0.39 is 5.97 Å². The molecule has 0 spiro atoms. The molecule has 4 nitrogen and oxygen atoms in total. The van der Waals surface area contributed by atoms with Crippen molar-refractivity contribution < 1.29 is 9.90 Å². The van der Waals surface area contributed by atoms with Gasteiger partial charge in [-0.2, -0.15) is 0 Å². The minimum atomic E-state index is -0.712. The number of aromatic nitrogens is 2. The molecular formula is C14H14N2O2. The molecule has 0 bridgehead atoms. The molecule has 1 atom stereocenters. The highest BCUT2D eigenvalue weighted by Gasteiger charge is 2.25. The lowest BCUT2D eigenvalue weighted by Gasteiger charge is -2.19. The van der Waals surface area contributed by atoms with Gasteiger partial charge >= 0.3 is 5.97 Å². The van der Waals surface area contributed by atoms with Crippen LogP contribution in [0, 0.1) is 5.92 Å². The van der Waals surface area contributed by atoms with Gasteiger partial charge in [0.25, 0.3) is 0 Å². The van der Waals surface area contributed by atoms with E-state index in [1.807, 2.05) is 41.1 Å². The summed E-state index contributed by atoms with van der Waals surface area (Å²) >= 11 is 0. The Labute approximate surface area is 105 Å². The fourth-order valence-corrected chi connectivity index (χ4v) is 2.39. The molecule has 3 rings (SSSR count). The molecule has 2 heterocycles. The second-order valence-corrected chi connectivity index (χ2v) is 4.63. The molecule has 0 aliphatic carbocycles. The smallest absolute Gasteiger partial charge is 0.308 e. The normalized spacial score (nSPS) is 18.3. The number of hydrogen-bond donors (Lipinski definition) is 1. The first-order valence-corrected chi connectivity index (χ1v) is 6.08. The predicted octanol–water partition coefficient (Wildman–Crippen LogP) is 2.20. The van der Waals surface area contributed by atoms with Crippen LogP contribution in [0.2, 0.25) is 0 Å². The van der Waals surface area contributed by atoms with E-state index in [0.29, 0.717) is 13.0 Å². The molecule has 1 aromatic carbocycles. The Morgan fingerprint density at radius 1 is 1.33 bits per heavy atom. The lowest BCUT2D eigenvalue weighted by molar-refractivity contribution is -0.142. The highest BCUT2D eigenvalue weighted by atomic mass is 16.4. The Kier molecular flexibility index (Phi) is 2.63. The molecule has 1 aliphatic rings. The van der Waals surface area contributed by atoms with Gasteiger partial charge in [-0.25, -0.2) is 4.98 Å². The molecule has 92 valence electrons. The number of carbonyl (C=O) groups is 1. The molecule has 0 radical (unpaired) electrons. The van der Waals surface area contributed by atoms with E-state index in [9.17, 15) is 4.79 Å². The fourth-order valence-electron chi connectivity index (χ4n) is 2.39. The van der Waals surface area contributed by atoms with Crippen molar-refractivity contribution in [3.05, 3.63) is 42.4 Å². The van der Waals surface area contributed by atoms with E-state index in [1.54, 1.807) is 0 Å². The van der Waals surface area contributed by atoms with Gasteiger partial charge in [0.05, 0.1) is 11.6 Å². The van der Waals surface area contributed by atoms with Crippen molar-refractivity contribution in [1.29, 1.82) is 0 Å². The Balaban J connectivity index is 1.92. The molecule has 2 aromatic rings. The van der Waals surface area contributed by atoms with Crippen LogP contribution in [0.15, 0.2) is 36.5 Å². The number of benzene rings is 1. The SMILES string of the molecule is O=C(O)[C@@H]1CCc2nc(-c3ccccc3)cn2C1. The van der Waals surface area contributed by atoms with Crippen LogP contribution < -0.4 is 0 Å². The Hall–Kier alpha value is -2.10. The number of imidazole rings is 1. The molecule has 1 aliphatic heterocycles. The third kappa shape index (κ3) is 1.90. The van der Waals surface area contributed by atoms with Crippen LogP contribution in [0.5, 0.6) is 0 Å². The van der Waals surface area contributed by atoms with E-state index in [1.165, 1.54) is 0 Å². The van der Waals surface area contributed by atoms with Crippen molar-refractivity contribution in [2.75, 3.05) is 0 Å². The predicted molar refractivity (Wildman–Crippen MR) is 67.1 cm³/mol. The summed E-state index contributed by atoms with van der Waals surface area (Å²) in [6.45, 7) is 0.532. The zero-order valence-electron chi connectivity index (χ0n) is 9.91. The number of aliphatic carboxylic acids is 1. The van der Waals surface area contributed by atoms with Gasteiger partial charge in [0.2, 0.25) is 0 Å². The Bertz CT molecular complexity index is 575. The van der Waals surface area contributed by atoms with Crippen molar-refractivity contribution in [1.82, 2.24) is 9.55 Å². The standard InChI is InChI=1S/C14H14N2O2/c17-14(18)11-6-7-13-15-12(9-16(13)8-11)10-4-2-1-3-5-10/h1-5,9,11H,6-8H2,(H,17,18)/t11-/m1/s1. The molecule has 18 heavy (non-hydrogen) atoms. The zero-order valence-corrected chi connectivity index (χ0v) is 9.91. The molecule has 0 saturated heterocycles. The lowest BCUT2D eigenvalue weighted by Crippen LogP contribution is -2.26. The highest BCUT2D eigenvalue weighted by molar-refractivity contribution is 5.70. The van der Waals surface area contributed by atoms with Crippen LogP contribution >= 0.6 is 0 Å². The maximum Gasteiger partial charge on any atom is 0.308 e.